The first-order valence-electron chi connectivity index (χ1n) is 11.1. The standard InChI is InChI=1S/C25H23N3O3S3/c1-3-31-25(30)21-17(15-8-5-4-6-9-15)12-32-23(21)28-19(29)13-33-22-20-16-10-7-11-18(16)34-24(20)27-14(2)26-22/h4-6,8-9,12H,3,7,10-11,13H2,1-2H3,(H,28,29). The number of aromatic nitrogens is 2. The zero-order chi connectivity index (χ0) is 23.7. The van der Waals surface area contributed by atoms with E-state index in [9.17, 15) is 9.59 Å². The van der Waals surface area contributed by atoms with Gasteiger partial charge in [-0.2, -0.15) is 0 Å². The fourth-order valence-electron chi connectivity index (χ4n) is 4.15. The van der Waals surface area contributed by atoms with Gasteiger partial charge in [0.15, 0.2) is 0 Å². The number of carbonyl (C=O) groups is 2. The van der Waals surface area contributed by atoms with Crippen LogP contribution in [0.3, 0.4) is 0 Å². The van der Waals surface area contributed by atoms with E-state index in [2.05, 4.69) is 15.3 Å². The maximum atomic E-state index is 12.9. The number of thioether (sulfide) groups is 1. The Kier molecular flexibility index (Phi) is 6.67. The summed E-state index contributed by atoms with van der Waals surface area (Å²) in [5.41, 5.74) is 3.40. The van der Waals surface area contributed by atoms with Gasteiger partial charge in [-0.05, 0) is 44.2 Å². The molecule has 0 saturated heterocycles. The molecule has 5 rings (SSSR count). The average Bonchev–Trinajstić information content (AvgIpc) is 3.52. The summed E-state index contributed by atoms with van der Waals surface area (Å²) in [4.78, 5) is 37.4. The van der Waals surface area contributed by atoms with Gasteiger partial charge in [0.25, 0.3) is 0 Å². The SMILES string of the molecule is CCOC(=O)c1c(-c2ccccc2)csc1NC(=O)CSc1nc(C)nc2sc3c(c12)CCC3. The van der Waals surface area contributed by atoms with Crippen LogP contribution >= 0.6 is 34.4 Å². The highest BCUT2D eigenvalue weighted by Gasteiger charge is 2.24. The Morgan fingerprint density at radius 2 is 2.00 bits per heavy atom. The predicted molar refractivity (Wildman–Crippen MR) is 139 cm³/mol. The minimum Gasteiger partial charge on any atom is -0.462 e. The highest BCUT2D eigenvalue weighted by Crippen LogP contribution is 2.41. The summed E-state index contributed by atoms with van der Waals surface area (Å²) >= 11 is 4.50. The van der Waals surface area contributed by atoms with Gasteiger partial charge in [0.2, 0.25) is 5.91 Å². The Labute approximate surface area is 209 Å². The van der Waals surface area contributed by atoms with Crippen LogP contribution in [0.25, 0.3) is 21.3 Å². The first-order valence-corrected chi connectivity index (χ1v) is 13.8. The predicted octanol–water partition coefficient (Wildman–Crippen LogP) is 6.12. The van der Waals surface area contributed by atoms with Crippen molar-refractivity contribution in [3.63, 3.8) is 0 Å². The van der Waals surface area contributed by atoms with Gasteiger partial charge in [0.05, 0.1) is 12.4 Å². The van der Waals surface area contributed by atoms with Gasteiger partial charge < -0.3 is 10.1 Å². The molecule has 9 heteroatoms. The number of fused-ring (bicyclic) bond motifs is 3. The molecule has 1 aliphatic carbocycles. The van der Waals surface area contributed by atoms with Crippen molar-refractivity contribution in [1.29, 1.82) is 0 Å². The van der Waals surface area contributed by atoms with Gasteiger partial charge in [-0.15, -0.1) is 22.7 Å². The Hall–Kier alpha value is -2.75. The topological polar surface area (TPSA) is 81.2 Å². The van der Waals surface area contributed by atoms with Crippen LogP contribution in [0, 0.1) is 6.92 Å². The van der Waals surface area contributed by atoms with Crippen molar-refractivity contribution in [2.45, 2.75) is 38.1 Å². The zero-order valence-corrected chi connectivity index (χ0v) is 21.3. The molecular weight excluding hydrogens is 486 g/mol. The van der Waals surface area contributed by atoms with Crippen molar-refractivity contribution in [2.24, 2.45) is 0 Å². The van der Waals surface area contributed by atoms with Gasteiger partial charge in [-0.3, -0.25) is 4.79 Å². The van der Waals surface area contributed by atoms with E-state index >= 15 is 0 Å². The molecule has 3 heterocycles. The van der Waals surface area contributed by atoms with E-state index in [1.54, 1.807) is 18.3 Å². The molecule has 1 aliphatic rings. The van der Waals surface area contributed by atoms with E-state index in [4.69, 9.17) is 4.74 Å². The van der Waals surface area contributed by atoms with E-state index in [0.29, 0.717) is 16.4 Å². The number of hydrogen-bond acceptors (Lipinski definition) is 8. The molecule has 0 spiro atoms. The Morgan fingerprint density at radius 3 is 2.79 bits per heavy atom. The van der Waals surface area contributed by atoms with Crippen molar-refractivity contribution in [2.75, 3.05) is 17.7 Å². The Morgan fingerprint density at radius 1 is 1.18 bits per heavy atom. The van der Waals surface area contributed by atoms with Crippen LogP contribution in [0.1, 0.15) is 40.0 Å². The highest BCUT2D eigenvalue weighted by atomic mass is 32.2. The molecule has 0 fully saturated rings. The summed E-state index contributed by atoms with van der Waals surface area (Å²) in [6.07, 6.45) is 3.30. The molecule has 3 aromatic heterocycles. The van der Waals surface area contributed by atoms with Gasteiger partial charge in [-0.1, -0.05) is 42.1 Å². The smallest absolute Gasteiger partial charge is 0.341 e. The number of rotatable bonds is 7. The molecule has 34 heavy (non-hydrogen) atoms. The molecule has 0 saturated carbocycles. The lowest BCUT2D eigenvalue weighted by Gasteiger charge is -2.09. The van der Waals surface area contributed by atoms with Crippen LogP contribution in [0.2, 0.25) is 0 Å². The van der Waals surface area contributed by atoms with E-state index in [-0.39, 0.29) is 18.3 Å². The number of anilines is 1. The normalized spacial score (nSPS) is 12.6. The van der Waals surface area contributed by atoms with Gasteiger partial charge in [0, 0.05) is 21.2 Å². The lowest BCUT2D eigenvalue weighted by molar-refractivity contribution is -0.113. The van der Waals surface area contributed by atoms with Crippen LogP contribution in [-0.4, -0.2) is 34.2 Å². The van der Waals surface area contributed by atoms with E-state index < -0.39 is 5.97 Å². The number of amides is 1. The first kappa shape index (κ1) is 23.0. The second-order valence-corrected chi connectivity index (χ2v) is 10.8. The molecule has 4 aromatic rings. The third-order valence-electron chi connectivity index (χ3n) is 5.59. The van der Waals surface area contributed by atoms with Gasteiger partial charge in [0.1, 0.15) is 26.2 Å². The van der Waals surface area contributed by atoms with E-state index in [1.807, 2.05) is 42.6 Å². The number of carbonyl (C=O) groups excluding carboxylic acids is 2. The quantitative estimate of drug-likeness (QED) is 0.184. The summed E-state index contributed by atoms with van der Waals surface area (Å²) in [5, 5.41) is 7.29. The van der Waals surface area contributed by atoms with Gasteiger partial charge in [-0.25, -0.2) is 14.8 Å². The van der Waals surface area contributed by atoms with Crippen LogP contribution < -0.4 is 5.32 Å². The largest absolute Gasteiger partial charge is 0.462 e. The number of hydrogen-bond donors (Lipinski definition) is 1. The third-order valence-corrected chi connectivity index (χ3v) is 8.65. The van der Waals surface area contributed by atoms with Crippen LogP contribution in [0.15, 0.2) is 40.7 Å². The fourth-order valence-corrected chi connectivity index (χ4v) is 7.40. The molecule has 0 unspecified atom stereocenters. The lowest BCUT2D eigenvalue weighted by atomic mass is 10.0. The Bertz CT molecular complexity index is 1380. The number of thiophene rings is 2. The zero-order valence-electron chi connectivity index (χ0n) is 18.8. The second-order valence-electron chi connectivity index (χ2n) is 7.89. The summed E-state index contributed by atoms with van der Waals surface area (Å²) in [5.74, 6) is 0.281. The third kappa shape index (κ3) is 4.47. The van der Waals surface area contributed by atoms with Crippen molar-refractivity contribution >= 4 is 61.5 Å². The van der Waals surface area contributed by atoms with Crippen LogP contribution in [0.5, 0.6) is 0 Å². The molecule has 0 atom stereocenters. The molecule has 0 aliphatic heterocycles. The van der Waals surface area contributed by atoms with E-state index in [0.717, 1.165) is 45.6 Å². The van der Waals surface area contributed by atoms with Crippen LogP contribution in [0.4, 0.5) is 5.00 Å². The molecule has 0 bridgehead atoms. The minimum atomic E-state index is -0.437. The maximum Gasteiger partial charge on any atom is 0.341 e. The van der Waals surface area contributed by atoms with Crippen molar-refractivity contribution < 1.29 is 14.3 Å². The molecule has 174 valence electrons. The average molecular weight is 510 g/mol. The van der Waals surface area contributed by atoms with Crippen molar-refractivity contribution in [3.8, 4) is 11.1 Å². The molecule has 1 amide bonds. The fraction of sp³-hybridized carbons (Fsp3) is 0.280. The summed E-state index contributed by atoms with van der Waals surface area (Å²) < 4.78 is 5.29. The van der Waals surface area contributed by atoms with E-state index in [1.165, 1.54) is 33.5 Å². The second kappa shape index (κ2) is 9.85. The maximum absolute atomic E-state index is 12.9. The van der Waals surface area contributed by atoms with Crippen molar-refractivity contribution in [3.05, 3.63) is 57.5 Å². The highest BCUT2D eigenvalue weighted by molar-refractivity contribution is 8.00. The number of ether oxygens (including phenoxy) is 1. The summed E-state index contributed by atoms with van der Waals surface area (Å²) in [7, 11) is 0. The van der Waals surface area contributed by atoms with Crippen LogP contribution in [-0.2, 0) is 22.4 Å². The first-order chi connectivity index (χ1) is 16.5. The summed E-state index contributed by atoms with van der Waals surface area (Å²) in [6.45, 7) is 3.92. The Balaban J connectivity index is 1.38. The molecule has 1 N–H and O–H groups in total. The number of benzene rings is 1. The molecular formula is C25H23N3O3S3. The van der Waals surface area contributed by atoms with Crippen molar-refractivity contribution in [1.82, 2.24) is 9.97 Å². The molecule has 1 aromatic carbocycles. The minimum absolute atomic E-state index is 0.187. The monoisotopic (exact) mass is 509 g/mol. The number of esters is 1. The number of nitrogens with zero attached hydrogens (tertiary/aromatic N) is 2. The summed E-state index contributed by atoms with van der Waals surface area (Å²) in [6, 6.07) is 9.64. The van der Waals surface area contributed by atoms with Gasteiger partial charge >= 0.3 is 5.97 Å². The lowest BCUT2D eigenvalue weighted by Crippen LogP contribution is -2.16. The molecule has 0 radical (unpaired) electrons. The number of nitrogens with one attached hydrogen (secondary N) is 1. The molecule has 6 nitrogen and oxygen atoms in total. The number of aryl methyl sites for hydroxylation is 3.